The molecule has 3 aromatic rings. The van der Waals surface area contributed by atoms with Crippen LogP contribution in [0.15, 0.2) is 12.1 Å². The Bertz CT molecular complexity index is 1360. The molecule has 0 amide bonds. The number of benzene rings is 1. The van der Waals surface area contributed by atoms with E-state index < -0.39 is 28.8 Å². The molecule has 5 rings (SSSR count). The van der Waals surface area contributed by atoms with Gasteiger partial charge in [0.25, 0.3) is 0 Å². The molecule has 0 spiro atoms. The van der Waals surface area contributed by atoms with Gasteiger partial charge < -0.3 is 26.0 Å². The van der Waals surface area contributed by atoms with E-state index >= 15 is 4.39 Å². The lowest BCUT2D eigenvalue weighted by molar-refractivity contribution is -0.137. The summed E-state index contributed by atoms with van der Waals surface area (Å²) in [5, 5.41) is 6.62. The first kappa shape index (κ1) is 26.6. The number of hydrogen-bond acceptors (Lipinski definition) is 8. The van der Waals surface area contributed by atoms with Gasteiger partial charge in [-0.1, -0.05) is 11.6 Å². The van der Waals surface area contributed by atoms with Gasteiger partial charge in [0.15, 0.2) is 5.82 Å². The van der Waals surface area contributed by atoms with E-state index in [1.165, 1.54) is 13.0 Å². The highest BCUT2D eigenvalue weighted by atomic mass is 35.5. The monoisotopic (exact) mass is 553 g/mol. The van der Waals surface area contributed by atoms with Crippen molar-refractivity contribution < 1.29 is 22.3 Å². The van der Waals surface area contributed by atoms with Gasteiger partial charge in [0.05, 0.1) is 21.8 Å². The Morgan fingerprint density at radius 1 is 1.21 bits per heavy atom. The van der Waals surface area contributed by atoms with Crippen LogP contribution in [-0.4, -0.2) is 59.8 Å². The van der Waals surface area contributed by atoms with Crippen molar-refractivity contribution in [2.45, 2.75) is 44.9 Å². The first-order valence-electron chi connectivity index (χ1n) is 12.4. The van der Waals surface area contributed by atoms with Crippen LogP contribution in [0.5, 0.6) is 6.01 Å². The predicted octanol–water partition coefficient (Wildman–Crippen LogP) is 4.32. The molecule has 2 fully saturated rings. The molecular weight excluding hydrogens is 526 g/mol. The second kappa shape index (κ2) is 10.3. The van der Waals surface area contributed by atoms with Crippen molar-refractivity contribution in [3.8, 4) is 17.3 Å². The fourth-order valence-electron chi connectivity index (χ4n) is 5.13. The standard InChI is InChI=1S/C25H28ClF4N7O/c1-12-8-17(31)34-22(19(12)25(28,29)30)18-16(26)9-15-21(20(18)27)35-24(38-11-14-4-3-5-33-14)36-23(15)37-7-6-32-10-13(37)2/h8-9,13-14,32-33H,3-7,10-11H2,1-2H3,(H2,31,34)/t13-,14-/m0/s1. The van der Waals surface area contributed by atoms with Gasteiger partial charge in [-0.15, -0.1) is 0 Å². The van der Waals surface area contributed by atoms with Gasteiger partial charge in [-0.05, 0) is 50.9 Å². The van der Waals surface area contributed by atoms with Crippen LogP contribution in [0.25, 0.3) is 22.2 Å². The topological polar surface area (TPSA) is 101 Å². The Morgan fingerprint density at radius 3 is 2.68 bits per heavy atom. The molecule has 0 unspecified atom stereocenters. The minimum atomic E-state index is -4.82. The van der Waals surface area contributed by atoms with Crippen molar-refractivity contribution in [2.75, 3.05) is 43.4 Å². The third-order valence-corrected chi connectivity index (χ3v) is 7.25. The van der Waals surface area contributed by atoms with Gasteiger partial charge in [0.1, 0.15) is 23.8 Å². The highest BCUT2D eigenvalue weighted by Gasteiger charge is 2.38. The molecule has 0 saturated carbocycles. The molecule has 2 atom stereocenters. The molecule has 8 nitrogen and oxygen atoms in total. The maximum Gasteiger partial charge on any atom is 0.418 e. The number of halogens is 5. The number of aromatic nitrogens is 3. The third-order valence-electron chi connectivity index (χ3n) is 6.95. The number of nitrogens with zero attached hydrogens (tertiary/aromatic N) is 4. The number of rotatable bonds is 5. The number of hydrogen-bond donors (Lipinski definition) is 3. The number of nitrogens with two attached hydrogens (primary N) is 1. The van der Waals surface area contributed by atoms with Gasteiger partial charge in [-0.3, -0.25) is 0 Å². The zero-order valence-electron chi connectivity index (χ0n) is 20.9. The molecule has 38 heavy (non-hydrogen) atoms. The molecule has 0 radical (unpaired) electrons. The Kier molecular flexibility index (Phi) is 7.23. The summed E-state index contributed by atoms with van der Waals surface area (Å²) in [6.45, 7) is 6.30. The van der Waals surface area contributed by atoms with Crippen LogP contribution in [-0.2, 0) is 6.18 Å². The number of pyridine rings is 1. The summed E-state index contributed by atoms with van der Waals surface area (Å²) in [6.07, 6.45) is -2.88. The molecule has 0 aliphatic carbocycles. The van der Waals surface area contributed by atoms with Gasteiger partial charge in [0, 0.05) is 37.1 Å². The SMILES string of the molecule is Cc1cc(N)nc(-c2c(Cl)cc3c(N4CCNC[C@@H]4C)nc(OC[C@@H]4CCCN4)nc3c2F)c1C(F)(F)F. The molecule has 2 saturated heterocycles. The maximum atomic E-state index is 16.3. The number of piperazine rings is 1. The number of fused-ring (bicyclic) bond motifs is 1. The van der Waals surface area contributed by atoms with Gasteiger partial charge in [-0.25, -0.2) is 9.37 Å². The molecule has 13 heteroatoms. The summed E-state index contributed by atoms with van der Waals surface area (Å²) < 4.78 is 64.3. The minimum Gasteiger partial charge on any atom is -0.462 e. The summed E-state index contributed by atoms with van der Waals surface area (Å²) in [7, 11) is 0. The van der Waals surface area contributed by atoms with Crippen molar-refractivity contribution in [1.82, 2.24) is 25.6 Å². The van der Waals surface area contributed by atoms with Crippen molar-refractivity contribution in [3.05, 3.63) is 34.1 Å². The average Bonchev–Trinajstić information content (AvgIpc) is 3.35. The second-order valence-electron chi connectivity index (χ2n) is 9.71. The molecule has 2 aliphatic heterocycles. The normalized spacial score (nSPS) is 20.3. The predicted molar refractivity (Wildman–Crippen MR) is 138 cm³/mol. The van der Waals surface area contributed by atoms with E-state index in [9.17, 15) is 13.2 Å². The van der Waals surface area contributed by atoms with E-state index in [2.05, 4.69) is 25.6 Å². The Balaban J connectivity index is 1.72. The van der Waals surface area contributed by atoms with Crippen molar-refractivity contribution >= 4 is 34.1 Å². The summed E-state index contributed by atoms with van der Waals surface area (Å²) >= 11 is 6.49. The van der Waals surface area contributed by atoms with Gasteiger partial charge in [0.2, 0.25) is 0 Å². The first-order chi connectivity index (χ1) is 18.0. The second-order valence-corrected chi connectivity index (χ2v) is 10.1. The lowest BCUT2D eigenvalue weighted by atomic mass is 9.99. The third kappa shape index (κ3) is 5.04. The van der Waals surface area contributed by atoms with Crippen molar-refractivity contribution in [2.24, 2.45) is 0 Å². The molecular formula is C25H28ClF4N7O. The number of nitrogens with one attached hydrogen (secondary N) is 2. The summed E-state index contributed by atoms with van der Waals surface area (Å²) in [5.74, 6) is -0.837. The largest absolute Gasteiger partial charge is 0.462 e. The van der Waals surface area contributed by atoms with Crippen molar-refractivity contribution in [3.63, 3.8) is 0 Å². The fourth-order valence-corrected chi connectivity index (χ4v) is 5.41. The number of alkyl halides is 3. The molecule has 204 valence electrons. The zero-order chi connectivity index (χ0) is 27.2. The fraction of sp³-hybridized carbons (Fsp3) is 0.480. The Labute approximate surface area is 221 Å². The smallest absolute Gasteiger partial charge is 0.418 e. The van der Waals surface area contributed by atoms with Crippen LogP contribution in [0.2, 0.25) is 5.02 Å². The van der Waals surface area contributed by atoms with E-state index in [4.69, 9.17) is 22.1 Å². The maximum absolute atomic E-state index is 16.3. The van der Waals surface area contributed by atoms with E-state index in [1.807, 2.05) is 11.8 Å². The number of anilines is 2. The van der Waals surface area contributed by atoms with Crippen LogP contribution < -0.4 is 26.0 Å². The van der Waals surface area contributed by atoms with E-state index in [0.717, 1.165) is 25.5 Å². The van der Waals surface area contributed by atoms with Crippen molar-refractivity contribution in [1.29, 1.82) is 0 Å². The quantitative estimate of drug-likeness (QED) is 0.402. The van der Waals surface area contributed by atoms with Gasteiger partial charge in [-0.2, -0.15) is 23.1 Å². The highest BCUT2D eigenvalue weighted by Crippen LogP contribution is 2.44. The number of aryl methyl sites for hydroxylation is 1. The van der Waals surface area contributed by atoms with Crippen LogP contribution >= 0.6 is 11.6 Å². The zero-order valence-corrected chi connectivity index (χ0v) is 21.7. The summed E-state index contributed by atoms with van der Waals surface area (Å²) in [5.41, 5.74) is 3.05. The van der Waals surface area contributed by atoms with E-state index in [0.29, 0.717) is 25.5 Å². The van der Waals surface area contributed by atoms with Crippen LogP contribution in [0, 0.1) is 12.7 Å². The van der Waals surface area contributed by atoms with Crippen LogP contribution in [0.1, 0.15) is 30.9 Å². The number of nitrogen functional groups attached to an aromatic ring is 1. The summed E-state index contributed by atoms with van der Waals surface area (Å²) in [6, 6.07) is 2.53. The molecule has 4 heterocycles. The molecule has 2 aromatic heterocycles. The number of ether oxygens (including phenoxy) is 1. The minimum absolute atomic E-state index is 0.00258. The molecule has 1 aromatic carbocycles. The molecule has 2 aliphatic rings. The van der Waals surface area contributed by atoms with Gasteiger partial charge >= 0.3 is 12.2 Å². The molecule has 0 bridgehead atoms. The van der Waals surface area contributed by atoms with E-state index in [-0.39, 0.29) is 52.0 Å². The highest BCUT2D eigenvalue weighted by molar-refractivity contribution is 6.34. The summed E-state index contributed by atoms with van der Waals surface area (Å²) in [4.78, 5) is 14.8. The van der Waals surface area contributed by atoms with E-state index in [1.54, 1.807) is 0 Å². The van der Waals surface area contributed by atoms with Crippen LogP contribution in [0.4, 0.5) is 29.2 Å². The lowest BCUT2D eigenvalue weighted by Crippen LogP contribution is -2.50. The molecule has 4 N–H and O–H groups in total. The first-order valence-corrected chi connectivity index (χ1v) is 12.8. The average molecular weight is 554 g/mol. The van der Waals surface area contributed by atoms with Crippen LogP contribution in [0.3, 0.4) is 0 Å². The Hall–Kier alpha value is -2.96. The lowest BCUT2D eigenvalue weighted by Gasteiger charge is -2.35. The Morgan fingerprint density at radius 2 is 2.00 bits per heavy atom.